The van der Waals surface area contributed by atoms with Gasteiger partial charge in [0.15, 0.2) is 8.07 Å². The summed E-state index contributed by atoms with van der Waals surface area (Å²) < 4.78 is 4.97. The van der Waals surface area contributed by atoms with Crippen LogP contribution in [0.25, 0.3) is 69.9 Å². The summed E-state index contributed by atoms with van der Waals surface area (Å²) >= 11 is 1.86. The quantitative estimate of drug-likeness (QED) is 0.0980. The van der Waals surface area contributed by atoms with E-state index in [1.807, 2.05) is 11.3 Å². The molecule has 0 N–H and O–H groups in total. The average Bonchev–Trinajstić information content (AvgIpc) is 3.99. The third-order valence-corrected chi connectivity index (χ3v) is 20.1. The van der Waals surface area contributed by atoms with Crippen LogP contribution in [0.5, 0.6) is 0 Å². The first-order valence-corrected chi connectivity index (χ1v) is 26.8. The Kier molecular flexibility index (Phi) is 10.4. The van der Waals surface area contributed by atoms with Crippen molar-refractivity contribution in [3.63, 3.8) is 0 Å². The van der Waals surface area contributed by atoms with Crippen molar-refractivity contribution in [1.29, 1.82) is 0 Å². The molecule has 2 nitrogen and oxygen atoms in total. The van der Waals surface area contributed by atoms with Crippen molar-refractivity contribution in [2.24, 2.45) is 0 Å². The van der Waals surface area contributed by atoms with Gasteiger partial charge in [-0.3, -0.25) is 0 Å². The minimum Gasteiger partial charge on any atom is -0.310 e. The standard InChI is InChI=1S/C66H46N2SSi/c1-5-18-50(19-6-1)68-62-29-15-13-27-61(62)66-58(28-17-30-63(66)68)49-34-32-47(33-35-49)48-36-38-51(39-37-48)67(53-42-45-60-59-26-14-16-31-64(59)69-65(60)46-53)52-40-43-57(44-41-52)70(54-20-7-2-8-21-54,55-22-9-3-10-23-55)56-24-11-4-12-25-56/h1-46H. The van der Waals surface area contributed by atoms with E-state index in [1.165, 1.54) is 90.7 Å². The van der Waals surface area contributed by atoms with Crippen LogP contribution in [-0.2, 0) is 0 Å². The van der Waals surface area contributed by atoms with Crippen LogP contribution in [0.3, 0.4) is 0 Å². The number of nitrogens with zero attached hydrogens (tertiary/aromatic N) is 2. The van der Waals surface area contributed by atoms with Gasteiger partial charge in [-0.25, -0.2) is 0 Å². The minimum atomic E-state index is -2.70. The van der Waals surface area contributed by atoms with Gasteiger partial charge >= 0.3 is 0 Å². The van der Waals surface area contributed by atoms with Crippen LogP contribution in [-0.4, -0.2) is 12.6 Å². The van der Waals surface area contributed by atoms with Crippen molar-refractivity contribution in [2.45, 2.75) is 0 Å². The lowest BCUT2D eigenvalue weighted by Gasteiger charge is -2.35. The number of rotatable bonds is 10. The minimum absolute atomic E-state index is 1.10. The van der Waals surface area contributed by atoms with Crippen LogP contribution in [0.15, 0.2) is 279 Å². The summed E-state index contributed by atoms with van der Waals surface area (Å²) in [6, 6.07) is 103. The highest BCUT2D eigenvalue weighted by atomic mass is 32.1. The van der Waals surface area contributed by atoms with Crippen LogP contribution in [0.4, 0.5) is 17.1 Å². The van der Waals surface area contributed by atoms with E-state index in [9.17, 15) is 0 Å². The van der Waals surface area contributed by atoms with Crippen LogP contribution in [0.1, 0.15) is 0 Å². The molecule has 0 fully saturated rings. The fraction of sp³-hybridized carbons (Fsp3) is 0. The van der Waals surface area contributed by atoms with E-state index in [4.69, 9.17) is 0 Å². The first kappa shape index (κ1) is 41.6. The van der Waals surface area contributed by atoms with E-state index in [-0.39, 0.29) is 0 Å². The Morgan fingerprint density at radius 3 is 1.40 bits per heavy atom. The van der Waals surface area contributed by atoms with Gasteiger partial charge in [0.1, 0.15) is 0 Å². The Morgan fingerprint density at radius 1 is 0.314 bits per heavy atom. The molecule has 2 heterocycles. The summed E-state index contributed by atoms with van der Waals surface area (Å²) in [6.07, 6.45) is 0. The second-order valence-corrected chi connectivity index (χ2v) is 22.9. The second-order valence-electron chi connectivity index (χ2n) is 18.0. The molecule has 70 heavy (non-hydrogen) atoms. The zero-order valence-electron chi connectivity index (χ0n) is 38.4. The number of hydrogen-bond acceptors (Lipinski definition) is 2. The van der Waals surface area contributed by atoms with Gasteiger partial charge in [0.2, 0.25) is 0 Å². The largest absolute Gasteiger partial charge is 0.310 e. The smallest absolute Gasteiger partial charge is 0.179 e. The highest BCUT2D eigenvalue weighted by Crippen LogP contribution is 2.42. The number of para-hydroxylation sites is 2. The molecule has 2 aromatic heterocycles. The van der Waals surface area contributed by atoms with Crippen molar-refractivity contribution in [3.05, 3.63) is 279 Å². The van der Waals surface area contributed by atoms with E-state index in [0.717, 1.165) is 17.1 Å². The van der Waals surface area contributed by atoms with Crippen molar-refractivity contribution >= 4 is 99.2 Å². The summed E-state index contributed by atoms with van der Waals surface area (Å²) in [5, 5.41) is 10.6. The predicted molar refractivity (Wildman–Crippen MR) is 303 cm³/mol. The molecule has 0 unspecified atom stereocenters. The molecule has 13 rings (SSSR count). The molecule has 0 aliphatic carbocycles. The molecular weight excluding hydrogens is 881 g/mol. The van der Waals surface area contributed by atoms with Crippen molar-refractivity contribution in [3.8, 4) is 27.9 Å². The zero-order valence-corrected chi connectivity index (χ0v) is 40.2. The molecule has 0 atom stereocenters. The highest BCUT2D eigenvalue weighted by Gasteiger charge is 2.41. The van der Waals surface area contributed by atoms with Gasteiger partial charge < -0.3 is 9.47 Å². The summed E-state index contributed by atoms with van der Waals surface area (Å²) in [4.78, 5) is 2.42. The van der Waals surface area contributed by atoms with Gasteiger partial charge in [-0.05, 0) is 110 Å². The average molecular weight is 927 g/mol. The fourth-order valence-electron chi connectivity index (χ4n) is 11.0. The van der Waals surface area contributed by atoms with Crippen LogP contribution >= 0.6 is 11.3 Å². The Labute approximate surface area is 413 Å². The zero-order chi connectivity index (χ0) is 46.4. The van der Waals surface area contributed by atoms with E-state index >= 15 is 0 Å². The van der Waals surface area contributed by atoms with Crippen LogP contribution in [0, 0.1) is 0 Å². The first-order chi connectivity index (χ1) is 34.7. The van der Waals surface area contributed by atoms with E-state index in [0.29, 0.717) is 0 Å². The van der Waals surface area contributed by atoms with Crippen molar-refractivity contribution in [2.75, 3.05) is 4.90 Å². The molecule has 0 spiro atoms. The van der Waals surface area contributed by atoms with Crippen molar-refractivity contribution in [1.82, 2.24) is 4.57 Å². The number of fused-ring (bicyclic) bond motifs is 6. The molecule has 0 saturated heterocycles. The maximum absolute atomic E-state index is 2.70. The van der Waals surface area contributed by atoms with Gasteiger partial charge in [0.25, 0.3) is 0 Å². The molecule has 330 valence electrons. The lowest BCUT2D eigenvalue weighted by molar-refractivity contribution is 1.18. The van der Waals surface area contributed by atoms with Gasteiger partial charge in [-0.15, -0.1) is 11.3 Å². The summed E-state index contributed by atoms with van der Waals surface area (Å²) in [5.41, 5.74) is 11.7. The molecule has 0 bridgehead atoms. The fourth-order valence-corrected chi connectivity index (χ4v) is 16.9. The highest BCUT2D eigenvalue weighted by molar-refractivity contribution is 7.25. The number of anilines is 3. The maximum Gasteiger partial charge on any atom is 0.179 e. The normalized spacial score (nSPS) is 11.7. The van der Waals surface area contributed by atoms with Crippen LogP contribution < -0.4 is 25.6 Å². The molecule has 0 aliphatic rings. The summed E-state index contributed by atoms with van der Waals surface area (Å²) in [6.45, 7) is 0. The number of thiophene rings is 1. The number of aromatic nitrogens is 1. The monoisotopic (exact) mass is 926 g/mol. The van der Waals surface area contributed by atoms with Gasteiger partial charge in [-0.1, -0.05) is 212 Å². The second kappa shape index (κ2) is 17.5. The first-order valence-electron chi connectivity index (χ1n) is 24.0. The molecule has 4 heteroatoms. The number of benzene rings is 11. The molecule has 0 radical (unpaired) electrons. The van der Waals surface area contributed by atoms with Crippen molar-refractivity contribution < 1.29 is 0 Å². The lowest BCUT2D eigenvalue weighted by Crippen LogP contribution is -2.74. The Hall–Kier alpha value is -8.54. The topological polar surface area (TPSA) is 8.17 Å². The molecular formula is C66H46N2SSi. The molecule has 0 amide bonds. The van der Waals surface area contributed by atoms with E-state index in [1.54, 1.807) is 0 Å². The third kappa shape index (κ3) is 6.99. The summed E-state index contributed by atoms with van der Waals surface area (Å²) in [7, 11) is -2.70. The van der Waals surface area contributed by atoms with Gasteiger partial charge in [0, 0.05) is 53.7 Å². The van der Waals surface area contributed by atoms with E-state index in [2.05, 4.69) is 289 Å². The summed E-state index contributed by atoms with van der Waals surface area (Å²) in [5.74, 6) is 0. The maximum atomic E-state index is 2.42. The van der Waals surface area contributed by atoms with Gasteiger partial charge in [0.05, 0.1) is 11.0 Å². The molecule has 0 aliphatic heterocycles. The Balaban J connectivity index is 0.897. The molecule has 11 aromatic carbocycles. The molecule has 13 aromatic rings. The SMILES string of the molecule is c1ccc(-n2c3ccccc3c3c(-c4ccc(-c5ccc(N(c6ccc([Si](c7ccccc7)(c7ccccc7)c7ccccc7)cc6)c6ccc7c(c6)sc6ccccc67)cc5)cc4)cccc32)cc1. The predicted octanol–water partition coefficient (Wildman–Crippen LogP) is 15.3. The van der Waals surface area contributed by atoms with E-state index < -0.39 is 8.07 Å². The third-order valence-electron chi connectivity index (χ3n) is 14.2. The Bertz CT molecular complexity index is 3860. The van der Waals surface area contributed by atoms with Gasteiger partial charge in [-0.2, -0.15) is 0 Å². The van der Waals surface area contributed by atoms with Crippen LogP contribution in [0.2, 0.25) is 0 Å². The molecule has 0 saturated carbocycles. The number of hydrogen-bond donors (Lipinski definition) is 0. The lowest BCUT2D eigenvalue weighted by atomic mass is 9.97. The Morgan fingerprint density at radius 2 is 0.771 bits per heavy atom.